The van der Waals surface area contributed by atoms with Crippen LogP contribution in [0.1, 0.15) is 81.1 Å². The average molecular weight is 505 g/mol. The third-order valence-corrected chi connectivity index (χ3v) is 13.0. The largest absolute Gasteiger partial charge is 0.463 e. The van der Waals surface area contributed by atoms with E-state index in [1.165, 1.54) is 17.7 Å². The highest BCUT2D eigenvalue weighted by Crippen LogP contribution is 2.58. The van der Waals surface area contributed by atoms with Crippen molar-refractivity contribution in [2.45, 2.75) is 105 Å². The van der Waals surface area contributed by atoms with Crippen LogP contribution in [-0.2, 0) is 23.5 Å². The summed E-state index contributed by atoms with van der Waals surface area (Å²) in [5.41, 5.74) is 1.83. The Morgan fingerprint density at radius 2 is 1.77 bits per heavy atom. The fraction of sp³-hybridized carbons (Fsp3) is 0.724. The van der Waals surface area contributed by atoms with Crippen LogP contribution in [0, 0.1) is 16.7 Å². The molecule has 198 valence electrons. The van der Waals surface area contributed by atoms with Crippen LogP contribution in [-0.4, -0.2) is 39.6 Å². The van der Waals surface area contributed by atoms with E-state index in [1.807, 2.05) is 0 Å². The van der Waals surface area contributed by atoms with Crippen molar-refractivity contribution in [1.82, 2.24) is 0 Å². The van der Waals surface area contributed by atoms with Gasteiger partial charge in [0, 0.05) is 17.6 Å². The van der Waals surface area contributed by atoms with E-state index in [0.717, 1.165) is 25.7 Å². The normalized spacial score (nSPS) is 27.3. The lowest BCUT2D eigenvalue weighted by molar-refractivity contribution is -0.149. The summed E-state index contributed by atoms with van der Waals surface area (Å²) in [6, 6.07) is 0. The Morgan fingerprint density at radius 3 is 2.37 bits per heavy atom. The number of rotatable bonds is 8. The highest BCUT2D eigenvalue weighted by Gasteiger charge is 2.56. The molecule has 0 heterocycles. The van der Waals surface area contributed by atoms with Crippen LogP contribution in [0.2, 0.25) is 18.1 Å². The van der Waals surface area contributed by atoms with Gasteiger partial charge >= 0.3 is 11.9 Å². The molecule has 0 bridgehead atoms. The minimum Gasteiger partial charge on any atom is -0.463 e. The molecule has 2 rings (SSSR count). The van der Waals surface area contributed by atoms with Gasteiger partial charge in [0.2, 0.25) is 0 Å². The average Bonchev–Trinajstić information content (AvgIpc) is 2.72. The summed E-state index contributed by atoms with van der Waals surface area (Å²) >= 11 is 0. The second-order valence-electron chi connectivity index (χ2n) is 12.6. The molecule has 1 saturated carbocycles. The van der Waals surface area contributed by atoms with Crippen molar-refractivity contribution < 1.29 is 23.5 Å². The molecule has 0 spiro atoms. The Bertz CT molecular complexity index is 874. The minimum atomic E-state index is -1.90. The van der Waals surface area contributed by atoms with Gasteiger partial charge < -0.3 is 13.9 Å². The summed E-state index contributed by atoms with van der Waals surface area (Å²) in [5, 5.41) is 0.169. The monoisotopic (exact) mass is 504 g/mol. The molecular formula is C29H48O5Si. The first-order chi connectivity index (χ1) is 16.0. The molecule has 0 N–H and O–H groups in total. The molecule has 0 aliphatic heterocycles. The molecule has 0 amide bonds. The lowest BCUT2D eigenvalue weighted by Gasteiger charge is -2.58. The third kappa shape index (κ3) is 7.19. The molecule has 0 saturated heterocycles. The van der Waals surface area contributed by atoms with Gasteiger partial charge in [-0.2, -0.15) is 0 Å². The molecule has 0 aromatic carbocycles. The van der Waals surface area contributed by atoms with Crippen molar-refractivity contribution in [3.05, 3.63) is 35.5 Å². The molecule has 0 aromatic heterocycles. The number of ether oxygens (including phenoxy) is 2. The molecule has 6 heteroatoms. The quantitative estimate of drug-likeness (QED) is 0.115. The third-order valence-electron chi connectivity index (χ3n) is 8.50. The Hall–Kier alpha value is -1.66. The lowest BCUT2D eigenvalue weighted by Crippen LogP contribution is -2.57. The Morgan fingerprint density at radius 1 is 1.11 bits per heavy atom. The second kappa shape index (κ2) is 11.2. The molecule has 0 unspecified atom stereocenters. The molecule has 35 heavy (non-hydrogen) atoms. The van der Waals surface area contributed by atoms with Gasteiger partial charge in [-0.05, 0) is 81.5 Å². The zero-order chi connectivity index (χ0) is 26.7. The summed E-state index contributed by atoms with van der Waals surface area (Å²) in [6.07, 6.45) is 11.0. The van der Waals surface area contributed by atoms with Crippen molar-refractivity contribution in [3.8, 4) is 0 Å². The lowest BCUT2D eigenvalue weighted by atomic mass is 9.51. The summed E-state index contributed by atoms with van der Waals surface area (Å²) in [5.74, 6) is -0.417. The Balaban J connectivity index is 2.17. The summed E-state index contributed by atoms with van der Waals surface area (Å²) in [4.78, 5) is 24.2. The van der Waals surface area contributed by atoms with E-state index in [0.29, 0.717) is 24.7 Å². The van der Waals surface area contributed by atoms with Gasteiger partial charge in [-0.25, -0.2) is 9.59 Å². The first-order valence-corrected chi connectivity index (χ1v) is 16.0. The topological polar surface area (TPSA) is 61.8 Å². The molecule has 2 aliphatic rings. The van der Waals surface area contributed by atoms with Gasteiger partial charge in [0.25, 0.3) is 0 Å². The standard InChI is InChI=1S/C29H48O5Si/c1-11-32-26(31)18-21(2)13-15-25(30)33-20-29-17-16-24(34-35(9,10)27(4,5)6)28(7,8)23(29)14-12-22(3)19-29/h13,15,18-19,23-24H,11-12,14,16-17,20H2,1-10H3/b15-13+,21-18+/t23-,24-,29+/m1/s1. The van der Waals surface area contributed by atoms with E-state index in [2.05, 4.69) is 60.7 Å². The van der Waals surface area contributed by atoms with Crippen LogP contribution in [0.25, 0.3) is 0 Å². The maximum Gasteiger partial charge on any atom is 0.330 e. The Kier molecular flexibility index (Phi) is 9.43. The van der Waals surface area contributed by atoms with Crippen LogP contribution in [0.15, 0.2) is 35.5 Å². The number of hydrogen-bond donors (Lipinski definition) is 0. The molecule has 0 aromatic rings. The predicted molar refractivity (Wildman–Crippen MR) is 144 cm³/mol. The number of allylic oxidation sites excluding steroid dienone is 3. The fourth-order valence-electron chi connectivity index (χ4n) is 5.51. The van der Waals surface area contributed by atoms with Crippen molar-refractivity contribution in [2.24, 2.45) is 16.7 Å². The smallest absolute Gasteiger partial charge is 0.330 e. The SMILES string of the molecule is CCOC(=O)/C=C(C)/C=C/C(=O)OC[C@]12C=C(C)CC[C@@H]1C(C)(C)[C@H](O[Si](C)(C)C(C)(C)C)CC2. The molecule has 2 aliphatic carbocycles. The van der Waals surface area contributed by atoms with Crippen molar-refractivity contribution >= 4 is 20.3 Å². The number of hydrogen-bond acceptors (Lipinski definition) is 5. The van der Waals surface area contributed by atoms with Crippen LogP contribution in [0.4, 0.5) is 0 Å². The van der Waals surface area contributed by atoms with E-state index in [-0.39, 0.29) is 27.9 Å². The molecular weight excluding hydrogens is 456 g/mol. The second-order valence-corrected chi connectivity index (χ2v) is 17.4. The maximum absolute atomic E-state index is 12.6. The first kappa shape index (κ1) is 29.6. The highest BCUT2D eigenvalue weighted by atomic mass is 28.4. The molecule has 5 nitrogen and oxygen atoms in total. The maximum atomic E-state index is 12.6. The van der Waals surface area contributed by atoms with E-state index in [4.69, 9.17) is 13.9 Å². The minimum absolute atomic E-state index is 0.0216. The number of carbonyl (C=O) groups is 2. The predicted octanol–water partition coefficient (Wildman–Crippen LogP) is 7.15. The van der Waals surface area contributed by atoms with E-state index < -0.39 is 14.3 Å². The van der Waals surface area contributed by atoms with Crippen LogP contribution < -0.4 is 0 Å². The van der Waals surface area contributed by atoms with Crippen LogP contribution in [0.3, 0.4) is 0 Å². The molecule has 0 radical (unpaired) electrons. The van der Waals surface area contributed by atoms with Crippen molar-refractivity contribution in [1.29, 1.82) is 0 Å². The molecule has 3 atom stereocenters. The summed E-state index contributed by atoms with van der Waals surface area (Å²) < 4.78 is 17.7. The van der Waals surface area contributed by atoms with Crippen LogP contribution >= 0.6 is 0 Å². The number of fused-ring (bicyclic) bond motifs is 1. The van der Waals surface area contributed by atoms with Crippen LogP contribution in [0.5, 0.6) is 0 Å². The summed E-state index contributed by atoms with van der Waals surface area (Å²) in [7, 11) is -1.90. The van der Waals surface area contributed by atoms with Gasteiger partial charge in [-0.1, -0.05) is 52.3 Å². The van der Waals surface area contributed by atoms with Gasteiger partial charge in [0.05, 0.1) is 12.7 Å². The van der Waals surface area contributed by atoms with Gasteiger partial charge in [-0.15, -0.1) is 0 Å². The zero-order valence-electron chi connectivity index (χ0n) is 23.7. The highest BCUT2D eigenvalue weighted by molar-refractivity contribution is 6.74. The Labute approximate surface area is 214 Å². The fourth-order valence-corrected chi connectivity index (χ4v) is 6.99. The van der Waals surface area contributed by atoms with Crippen molar-refractivity contribution in [3.63, 3.8) is 0 Å². The van der Waals surface area contributed by atoms with E-state index >= 15 is 0 Å². The molecule has 1 fully saturated rings. The number of esters is 2. The van der Waals surface area contributed by atoms with Gasteiger partial charge in [0.1, 0.15) is 6.61 Å². The van der Waals surface area contributed by atoms with Gasteiger partial charge in [-0.3, -0.25) is 0 Å². The summed E-state index contributed by atoms with van der Waals surface area (Å²) in [6.45, 7) is 22.7. The number of carbonyl (C=O) groups excluding carboxylic acids is 2. The van der Waals surface area contributed by atoms with E-state index in [9.17, 15) is 9.59 Å². The first-order valence-electron chi connectivity index (χ1n) is 13.1. The van der Waals surface area contributed by atoms with Gasteiger partial charge in [0.15, 0.2) is 8.32 Å². The zero-order valence-corrected chi connectivity index (χ0v) is 24.7. The van der Waals surface area contributed by atoms with E-state index in [1.54, 1.807) is 19.9 Å². The van der Waals surface area contributed by atoms with Crippen molar-refractivity contribution in [2.75, 3.05) is 13.2 Å².